The summed E-state index contributed by atoms with van der Waals surface area (Å²) in [5.41, 5.74) is -2.33. The molecule has 1 aliphatic heterocycles. The van der Waals surface area contributed by atoms with Crippen LogP contribution >= 0.6 is 0 Å². The van der Waals surface area contributed by atoms with Gasteiger partial charge in [0, 0.05) is 19.1 Å². The van der Waals surface area contributed by atoms with Crippen LogP contribution in [-0.4, -0.2) is 79.4 Å². The van der Waals surface area contributed by atoms with Gasteiger partial charge in [-0.2, -0.15) is 13.2 Å². The van der Waals surface area contributed by atoms with Crippen LogP contribution < -0.4 is 21.3 Å². The maximum absolute atomic E-state index is 13.4. The standard InChI is InChI=1S/C26H36F3N5O6/c1-25(2,3)40-24(38)33-20-7-5-4-6-19(20)31-21(35)15-30-22(36)17-14-16(26(27,28)29)8-9-18(17)32-23(37)34-10-12-39-13-11-34/h8-9,14,19-20H,4-7,10-13,15H2,1-3H3,(H,30,36)(H,31,35)(H,32,37)(H,33,38)/t19-,20+/m0/s1. The summed E-state index contributed by atoms with van der Waals surface area (Å²) in [6.45, 7) is 5.90. The van der Waals surface area contributed by atoms with E-state index < -0.39 is 59.4 Å². The van der Waals surface area contributed by atoms with E-state index in [1.54, 1.807) is 20.8 Å². The number of urea groups is 1. The Bertz CT molecular complexity index is 1090. The lowest BCUT2D eigenvalue weighted by Crippen LogP contribution is -2.55. The minimum Gasteiger partial charge on any atom is -0.444 e. The van der Waals surface area contributed by atoms with Gasteiger partial charge in [0.2, 0.25) is 5.91 Å². The second-order valence-corrected chi connectivity index (χ2v) is 10.7. The second kappa shape index (κ2) is 13.2. The van der Waals surface area contributed by atoms with E-state index in [1.165, 1.54) is 4.90 Å². The van der Waals surface area contributed by atoms with Crippen LogP contribution in [0.25, 0.3) is 0 Å². The molecule has 4 N–H and O–H groups in total. The first-order valence-electron chi connectivity index (χ1n) is 13.1. The van der Waals surface area contributed by atoms with E-state index in [1.807, 2.05) is 0 Å². The van der Waals surface area contributed by atoms with Crippen molar-refractivity contribution in [1.82, 2.24) is 20.9 Å². The van der Waals surface area contributed by atoms with Crippen LogP contribution in [0, 0.1) is 0 Å². The fourth-order valence-corrected chi connectivity index (χ4v) is 4.43. The van der Waals surface area contributed by atoms with E-state index in [4.69, 9.17) is 9.47 Å². The molecule has 2 fully saturated rings. The minimum atomic E-state index is -4.73. The third kappa shape index (κ3) is 9.28. The highest BCUT2D eigenvalue weighted by Gasteiger charge is 2.33. The van der Waals surface area contributed by atoms with Gasteiger partial charge in [0.15, 0.2) is 0 Å². The Morgan fingerprint density at radius 1 is 1.00 bits per heavy atom. The maximum Gasteiger partial charge on any atom is 0.416 e. The molecule has 222 valence electrons. The maximum atomic E-state index is 13.4. The molecule has 11 nitrogen and oxygen atoms in total. The highest BCUT2D eigenvalue weighted by atomic mass is 19.4. The number of hydrogen-bond donors (Lipinski definition) is 4. The lowest BCUT2D eigenvalue weighted by Gasteiger charge is -2.33. The summed E-state index contributed by atoms with van der Waals surface area (Å²) in [7, 11) is 0. The molecule has 14 heteroatoms. The molecule has 2 atom stereocenters. The summed E-state index contributed by atoms with van der Waals surface area (Å²) in [6, 6.07) is 1.01. The van der Waals surface area contributed by atoms with Crippen LogP contribution in [0.5, 0.6) is 0 Å². The zero-order valence-electron chi connectivity index (χ0n) is 22.8. The van der Waals surface area contributed by atoms with Gasteiger partial charge in [-0.1, -0.05) is 12.8 Å². The molecule has 5 amide bonds. The van der Waals surface area contributed by atoms with Crippen molar-refractivity contribution in [3.63, 3.8) is 0 Å². The summed E-state index contributed by atoms with van der Waals surface area (Å²) in [6.07, 6.45) is -2.46. The number of ether oxygens (including phenoxy) is 2. The average molecular weight is 572 g/mol. The van der Waals surface area contributed by atoms with Crippen molar-refractivity contribution in [2.24, 2.45) is 0 Å². The van der Waals surface area contributed by atoms with E-state index in [9.17, 15) is 32.3 Å². The van der Waals surface area contributed by atoms with Gasteiger partial charge in [-0.3, -0.25) is 9.59 Å². The number of nitrogens with zero attached hydrogens (tertiary/aromatic N) is 1. The molecular formula is C26H36F3N5O6. The fraction of sp³-hybridized carbons (Fsp3) is 0.615. The number of morpholine rings is 1. The lowest BCUT2D eigenvalue weighted by atomic mass is 9.90. The Kier molecular flexibility index (Phi) is 10.2. The molecule has 1 saturated heterocycles. The summed E-state index contributed by atoms with van der Waals surface area (Å²) in [4.78, 5) is 51.8. The zero-order chi connectivity index (χ0) is 29.5. The lowest BCUT2D eigenvalue weighted by molar-refractivity contribution is -0.137. The number of hydrogen-bond acceptors (Lipinski definition) is 6. The van der Waals surface area contributed by atoms with E-state index in [2.05, 4.69) is 21.3 Å². The minimum absolute atomic E-state index is 0.128. The molecule has 1 aromatic carbocycles. The number of alkyl carbamates (subject to hydrolysis) is 1. The highest BCUT2D eigenvalue weighted by molar-refractivity contribution is 6.04. The van der Waals surface area contributed by atoms with E-state index >= 15 is 0 Å². The summed E-state index contributed by atoms with van der Waals surface area (Å²) >= 11 is 0. The molecule has 40 heavy (non-hydrogen) atoms. The second-order valence-electron chi connectivity index (χ2n) is 10.7. The number of carbonyl (C=O) groups is 4. The average Bonchev–Trinajstić information content (AvgIpc) is 2.87. The van der Waals surface area contributed by atoms with Crippen LogP contribution in [0.2, 0.25) is 0 Å². The van der Waals surface area contributed by atoms with Crippen molar-refractivity contribution in [2.45, 2.75) is 70.3 Å². The number of benzene rings is 1. The molecule has 3 rings (SSSR count). The van der Waals surface area contributed by atoms with Gasteiger partial charge in [0.25, 0.3) is 5.91 Å². The molecular weight excluding hydrogens is 535 g/mol. The Hall–Kier alpha value is -3.55. The van der Waals surface area contributed by atoms with Crippen molar-refractivity contribution in [3.8, 4) is 0 Å². The third-order valence-corrected chi connectivity index (χ3v) is 6.36. The van der Waals surface area contributed by atoms with Crippen LogP contribution in [0.4, 0.5) is 28.4 Å². The Morgan fingerprint density at radius 2 is 1.62 bits per heavy atom. The summed E-state index contributed by atoms with van der Waals surface area (Å²) < 4.78 is 50.6. The zero-order valence-corrected chi connectivity index (χ0v) is 22.8. The molecule has 2 aliphatic rings. The van der Waals surface area contributed by atoms with E-state index in [0.717, 1.165) is 25.0 Å². The third-order valence-electron chi connectivity index (χ3n) is 6.36. The molecule has 0 unspecified atom stereocenters. The van der Waals surface area contributed by atoms with Crippen LogP contribution in [-0.2, 0) is 20.4 Å². The van der Waals surface area contributed by atoms with Gasteiger partial charge in [0.1, 0.15) is 5.60 Å². The van der Waals surface area contributed by atoms with E-state index in [-0.39, 0.29) is 11.7 Å². The largest absolute Gasteiger partial charge is 0.444 e. The molecule has 0 bridgehead atoms. The first-order valence-corrected chi connectivity index (χ1v) is 13.1. The van der Waals surface area contributed by atoms with Crippen LogP contribution in [0.1, 0.15) is 62.4 Å². The SMILES string of the molecule is CC(C)(C)OC(=O)N[C@@H]1CCCC[C@@H]1NC(=O)CNC(=O)c1cc(C(F)(F)F)ccc1NC(=O)N1CCOCC1. The Balaban J connectivity index is 1.64. The quantitative estimate of drug-likeness (QED) is 0.414. The first-order chi connectivity index (χ1) is 18.7. The number of anilines is 1. The molecule has 0 radical (unpaired) electrons. The van der Waals surface area contributed by atoms with Crippen LogP contribution in [0.3, 0.4) is 0 Å². The van der Waals surface area contributed by atoms with Crippen LogP contribution in [0.15, 0.2) is 18.2 Å². The molecule has 0 spiro atoms. The van der Waals surface area contributed by atoms with Gasteiger partial charge in [-0.15, -0.1) is 0 Å². The summed E-state index contributed by atoms with van der Waals surface area (Å²) in [5, 5.41) is 10.4. The van der Waals surface area contributed by atoms with Gasteiger partial charge in [-0.05, 0) is 51.8 Å². The topological polar surface area (TPSA) is 138 Å². The first kappa shape index (κ1) is 31.0. The molecule has 1 aliphatic carbocycles. The molecule has 1 aromatic rings. The Labute approximate surface area is 230 Å². The number of alkyl halides is 3. The monoisotopic (exact) mass is 571 g/mol. The highest BCUT2D eigenvalue weighted by Crippen LogP contribution is 2.32. The fourth-order valence-electron chi connectivity index (χ4n) is 4.43. The van der Waals surface area contributed by atoms with Crippen molar-refractivity contribution in [3.05, 3.63) is 29.3 Å². The van der Waals surface area contributed by atoms with Gasteiger partial charge in [0.05, 0.1) is 42.6 Å². The van der Waals surface area contributed by atoms with Crippen molar-refractivity contribution >= 4 is 29.6 Å². The number of carbonyl (C=O) groups excluding carboxylic acids is 4. The molecule has 1 saturated carbocycles. The number of amides is 5. The van der Waals surface area contributed by atoms with Gasteiger partial charge < -0.3 is 35.6 Å². The number of nitrogens with one attached hydrogen (secondary N) is 4. The van der Waals surface area contributed by atoms with Gasteiger partial charge >= 0.3 is 18.3 Å². The van der Waals surface area contributed by atoms with Gasteiger partial charge in [-0.25, -0.2) is 9.59 Å². The van der Waals surface area contributed by atoms with E-state index in [0.29, 0.717) is 45.2 Å². The molecule has 1 heterocycles. The number of halogens is 3. The Morgan fingerprint density at radius 3 is 2.23 bits per heavy atom. The predicted octanol–water partition coefficient (Wildman–Crippen LogP) is 3.25. The smallest absolute Gasteiger partial charge is 0.416 e. The van der Waals surface area contributed by atoms with Crippen molar-refractivity contribution in [2.75, 3.05) is 38.2 Å². The summed E-state index contributed by atoms with van der Waals surface area (Å²) in [5.74, 6) is -1.55. The normalized spacial score (nSPS) is 19.8. The van der Waals surface area contributed by atoms with Crippen molar-refractivity contribution in [1.29, 1.82) is 0 Å². The van der Waals surface area contributed by atoms with Crippen molar-refractivity contribution < 1.29 is 41.8 Å². The molecule has 0 aromatic heterocycles. The number of rotatable bonds is 6. The predicted molar refractivity (Wildman–Crippen MR) is 139 cm³/mol.